The third-order valence-corrected chi connectivity index (χ3v) is 4.42. The molecule has 19 heavy (non-hydrogen) atoms. The molecule has 1 aromatic carbocycles. The Hall–Kier alpha value is -1.60. The first-order valence-corrected chi connectivity index (χ1v) is 7.10. The molecule has 2 aliphatic rings. The van der Waals surface area contributed by atoms with Crippen LogP contribution in [0.4, 0.5) is 0 Å². The number of hydrogen-bond acceptors (Lipinski definition) is 3. The molecule has 2 saturated carbocycles. The van der Waals surface area contributed by atoms with Gasteiger partial charge in [0.05, 0.1) is 6.10 Å². The first-order chi connectivity index (χ1) is 9.23. The molecule has 0 radical (unpaired) electrons. The zero-order valence-corrected chi connectivity index (χ0v) is 11.3. The summed E-state index contributed by atoms with van der Waals surface area (Å²) >= 11 is 0. The van der Waals surface area contributed by atoms with E-state index in [2.05, 4.69) is 24.0 Å². The van der Waals surface area contributed by atoms with Crippen molar-refractivity contribution in [3.63, 3.8) is 0 Å². The zero-order valence-electron chi connectivity index (χ0n) is 11.3. The molecule has 0 aromatic heterocycles. The second-order valence-corrected chi connectivity index (χ2v) is 5.76. The molecule has 2 aliphatic carbocycles. The molecule has 3 heteroatoms. The molecular weight excluding hydrogens is 238 g/mol. The van der Waals surface area contributed by atoms with Crippen molar-refractivity contribution >= 4 is 6.08 Å². The van der Waals surface area contributed by atoms with E-state index < -0.39 is 0 Å². The van der Waals surface area contributed by atoms with Crippen LogP contribution in [0.5, 0.6) is 5.75 Å². The molecule has 0 atom stereocenters. The van der Waals surface area contributed by atoms with Gasteiger partial charge in [0.15, 0.2) is 0 Å². The van der Waals surface area contributed by atoms with Crippen LogP contribution in [0.1, 0.15) is 49.7 Å². The van der Waals surface area contributed by atoms with Crippen LogP contribution >= 0.6 is 0 Å². The minimum absolute atomic E-state index is 0.346. The maximum Gasteiger partial charge on any atom is 0.235 e. The lowest BCUT2D eigenvalue weighted by atomic mass is 9.71. The average molecular weight is 257 g/mol. The molecule has 1 aromatic rings. The summed E-state index contributed by atoms with van der Waals surface area (Å²) in [6, 6.07) is 6.21. The average Bonchev–Trinajstić information content (AvgIpc) is 2.30. The number of aryl methyl sites for hydroxylation is 1. The van der Waals surface area contributed by atoms with Crippen molar-refractivity contribution in [2.24, 2.45) is 4.99 Å². The zero-order chi connectivity index (χ0) is 13.3. The summed E-state index contributed by atoms with van der Waals surface area (Å²) in [6.07, 6.45) is 8.59. The molecule has 3 rings (SSSR count). The van der Waals surface area contributed by atoms with Gasteiger partial charge >= 0.3 is 0 Å². The number of nitrogens with zero attached hydrogens (tertiary/aromatic N) is 1. The molecule has 0 N–H and O–H groups in total. The van der Waals surface area contributed by atoms with E-state index >= 15 is 0 Å². The lowest BCUT2D eigenvalue weighted by Gasteiger charge is -2.39. The van der Waals surface area contributed by atoms with Crippen molar-refractivity contribution in [2.45, 2.75) is 57.1 Å². The number of aliphatic imine (C=N–C) groups is 1. The summed E-state index contributed by atoms with van der Waals surface area (Å²) in [5, 5.41) is 0. The Balaban J connectivity index is 1.97. The largest absolute Gasteiger partial charge is 0.490 e. The Morgan fingerprint density at radius 3 is 2.63 bits per heavy atom. The highest BCUT2D eigenvalue weighted by atomic mass is 16.5. The summed E-state index contributed by atoms with van der Waals surface area (Å²) in [4.78, 5) is 14.8. The molecule has 0 bridgehead atoms. The van der Waals surface area contributed by atoms with Crippen LogP contribution in [-0.2, 0) is 10.3 Å². The SMILES string of the molecule is Cc1ccc(OC2CCC2)c(C2(N=C=O)CCC2)c1. The molecule has 0 heterocycles. The molecule has 0 unspecified atom stereocenters. The molecule has 0 spiro atoms. The van der Waals surface area contributed by atoms with Crippen molar-refractivity contribution < 1.29 is 9.53 Å². The van der Waals surface area contributed by atoms with Crippen molar-refractivity contribution in [1.82, 2.24) is 0 Å². The van der Waals surface area contributed by atoms with Gasteiger partial charge in [-0.3, -0.25) is 0 Å². The summed E-state index contributed by atoms with van der Waals surface area (Å²) in [5.41, 5.74) is 1.89. The van der Waals surface area contributed by atoms with Gasteiger partial charge in [-0.1, -0.05) is 11.6 Å². The predicted molar refractivity (Wildman–Crippen MR) is 73.1 cm³/mol. The number of carbonyl (C=O) groups excluding carboxylic acids is 1. The van der Waals surface area contributed by atoms with Crippen LogP contribution < -0.4 is 4.74 Å². The van der Waals surface area contributed by atoms with Crippen LogP contribution in [0, 0.1) is 6.92 Å². The summed E-state index contributed by atoms with van der Waals surface area (Å²) in [6.45, 7) is 2.06. The quantitative estimate of drug-likeness (QED) is 0.610. The second kappa shape index (κ2) is 4.82. The highest BCUT2D eigenvalue weighted by Gasteiger charge is 2.41. The van der Waals surface area contributed by atoms with E-state index in [1.54, 1.807) is 6.08 Å². The number of rotatable bonds is 4. The summed E-state index contributed by atoms with van der Waals surface area (Å²) in [5.74, 6) is 0.911. The number of hydrogen-bond donors (Lipinski definition) is 0. The fraction of sp³-hybridized carbons (Fsp3) is 0.562. The van der Waals surface area contributed by atoms with Crippen molar-refractivity contribution in [2.75, 3.05) is 0 Å². The maximum absolute atomic E-state index is 10.7. The van der Waals surface area contributed by atoms with E-state index in [9.17, 15) is 4.79 Å². The van der Waals surface area contributed by atoms with Gasteiger partial charge in [-0.25, -0.2) is 4.79 Å². The fourth-order valence-electron chi connectivity index (χ4n) is 2.82. The summed E-state index contributed by atoms with van der Waals surface area (Å²) < 4.78 is 6.07. The number of isocyanates is 1. The van der Waals surface area contributed by atoms with Crippen LogP contribution in [0.25, 0.3) is 0 Å². The third-order valence-electron chi connectivity index (χ3n) is 4.42. The molecule has 2 fully saturated rings. The summed E-state index contributed by atoms with van der Waals surface area (Å²) in [7, 11) is 0. The predicted octanol–water partition coefficient (Wildman–Crippen LogP) is 3.64. The van der Waals surface area contributed by atoms with Crippen LogP contribution in [-0.4, -0.2) is 12.2 Å². The number of ether oxygens (including phenoxy) is 1. The second-order valence-electron chi connectivity index (χ2n) is 5.76. The van der Waals surface area contributed by atoms with Crippen LogP contribution in [0.2, 0.25) is 0 Å². The lowest BCUT2D eigenvalue weighted by molar-refractivity contribution is 0.114. The molecule has 0 amide bonds. The van der Waals surface area contributed by atoms with E-state index in [4.69, 9.17) is 4.74 Å². The maximum atomic E-state index is 10.7. The minimum atomic E-state index is -0.368. The minimum Gasteiger partial charge on any atom is -0.490 e. The topological polar surface area (TPSA) is 38.7 Å². The van der Waals surface area contributed by atoms with Crippen LogP contribution in [0.15, 0.2) is 23.2 Å². The van der Waals surface area contributed by atoms with Gasteiger partial charge in [0.25, 0.3) is 0 Å². The van der Waals surface area contributed by atoms with Gasteiger partial charge in [-0.15, -0.1) is 0 Å². The highest BCUT2D eigenvalue weighted by Crippen LogP contribution is 2.48. The van der Waals surface area contributed by atoms with Gasteiger partial charge in [0, 0.05) is 5.56 Å². The first-order valence-electron chi connectivity index (χ1n) is 7.10. The van der Waals surface area contributed by atoms with E-state index in [0.29, 0.717) is 6.10 Å². The Labute approximate surface area is 113 Å². The van der Waals surface area contributed by atoms with Crippen molar-refractivity contribution in [3.8, 4) is 5.75 Å². The van der Waals surface area contributed by atoms with Gasteiger partial charge in [-0.2, -0.15) is 4.99 Å². The van der Waals surface area contributed by atoms with Gasteiger partial charge in [-0.05, 0) is 57.6 Å². The molecular formula is C16H19NO2. The Kier molecular flexibility index (Phi) is 3.16. The van der Waals surface area contributed by atoms with Gasteiger partial charge in [0.2, 0.25) is 6.08 Å². The van der Waals surface area contributed by atoms with E-state index in [-0.39, 0.29) is 5.54 Å². The van der Waals surface area contributed by atoms with Gasteiger partial charge in [0.1, 0.15) is 11.3 Å². The van der Waals surface area contributed by atoms with E-state index in [1.165, 1.54) is 12.0 Å². The normalized spacial score (nSPS) is 20.9. The fourth-order valence-corrected chi connectivity index (χ4v) is 2.82. The standard InChI is InChI=1S/C16H19NO2/c1-12-6-7-15(19-13-4-2-5-13)14(10-12)16(17-11-18)8-3-9-16/h6-7,10,13H,2-5,8-9H2,1H3. The van der Waals surface area contributed by atoms with Crippen molar-refractivity contribution in [3.05, 3.63) is 29.3 Å². The van der Waals surface area contributed by atoms with Gasteiger partial charge < -0.3 is 4.74 Å². The Bertz CT molecular complexity index is 524. The van der Waals surface area contributed by atoms with Crippen LogP contribution in [0.3, 0.4) is 0 Å². The third kappa shape index (κ3) is 2.19. The molecule has 0 saturated heterocycles. The lowest BCUT2D eigenvalue weighted by Crippen LogP contribution is -2.34. The van der Waals surface area contributed by atoms with E-state index in [0.717, 1.165) is 43.4 Å². The van der Waals surface area contributed by atoms with Crippen molar-refractivity contribution in [1.29, 1.82) is 0 Å². The number of benzene rings is 1. The Morgan fingerprint density at radius 2 is 2.11 bits per heavy atom. The molecule has 100 valence electrons. The molecule has 0 aliphatic heterocycles. The first kappa shape index (κ1) is 12.4. The van der Waals surface area contributed by atoms with E-state index in [1.807, 2.05) is 6.07 Å². The smallest absolute Gasteiger partial charge is 0.235 e. The Morgan fingerprint density at radius 1 is 1.32 bits per heavy atom. The molecule has 3 nitrogen and oxygen atoms in total. The monoisotopic (exact) mass is 257 g/mol. The highest BCUT2D eigenvalue weighted by molar-refractivity contribution is 5.47.